The van der Waals surface area contributed by atoms with E-state index in [1.807, 2.05) is 0 Å². The Morgan fingerprint density at radius 2 is 2.06 bits per heavy atom. The Morgan fingerprint density at radius 1 is 1.33 bits per heavy atom. The fraction of sp³-hybridized carbons (Fsp3) is 0.938. The van der Waals surface area contributed by atoms with E-state index >= 15 is 0 Å². The van der Waals surface area contributed by atoms with Crippen LogP contribution >= 0.6 is 0 Å². The van der Waals surface area contributed by atoms with Gasteiger partial charge in [-0.15, -0.1) is 0 Å². The molecule has 2 heteroatoms. The summed E-state index contributed by atoms with van der Waals surface area (Å²) in [6.45, 7) is 12.6. The van der Waals surface area contributed by atoms with Gasteiger partial charge < -0.3 is 4.90 Å². The second kappa shape index (κ2) is 5.32. The Hall–Kier alpha value is -0.370. The minimum Gasteiger partial charge on any atom is -0.302 e. The van der Waals surface area contributed by atoms with Gasteiger partial charge in [-0.25, -0.2) is 0 Å². The number of nitrogens with zero attached hydrogens (tertiary/aromatic N) is 1. The van der Waals surface area contributed by atoms with Crippen molar-refractivity contribution in [2.45, 2.75) is 53.4 Å². The highest BCUT2D eigenvalue weighted by Crippen LogP contribution is 2.34. The molecule has 2 nitrogen and oxygen atoms in total. The molecule has 1 aliphatic heterocycles. The van der Waals surface area contributed by atoms with E-state index in [0.29, 0.717) is 29.0 Å². The number of carbonyl (C=O) groups excluding carboxylic acids is 1. The molecule has 0 amide bonds. The summed E-state index contributed by atoms with van der Waals surface area (Å²) in [6, 6.07) is 0. The van der Waals surface area contributed by atoms with Crippen LogP contribution in [0.5, 0.6) is 0 Å². The van der Waals surface area contributed by atoms with Crippen LogP contribution in [-0.2, 0) is 4.79 Å². The molecule has 0 radical (unpaired) electrons. The maximum absolute atomic E-state index is 12.2. The van der Waals surface area contributed by atoms with Gasteiger partial charge in [0.1, 0.15) is 5.78 Å². The Labute approximate surface area is 112 Å². The van der Waals surface area contributed by atoms with E-state index < -0.39 is 0 Å². The molecule has 104 valence electrons. The lowest BCUT2D eigenvalue weighted by Gasteiger charge is -2.41. The molecule has 2 rings (SSSR count). The number of Topliss-reactive ketones (excluding diaryl/α,β-unsaturated/α-hetero) is 1. The van der Waals surface area contributed by atoms with Crippen LogP contribution in [0.4, 0.5) is 0 Å². The number of piperidine rings is 1. The third-order valence-corrected chi connectivity index (χ3v) is 4.86. The molecule has 2 aliphatic rings. The van der Waals surface area contributed by atoms with Crippen molar-refractivity contribution in [2.75, 3.05) is 19.6 Å². The largest absolute Gasteiger partial charge is 0.302 e. The molecule has 3 unspecified atom stereocenters. The number of carbonyl (C=O) groups is 1. The molecule has 1 heterocycles. The van der Waals surface area contributed by atoms with Gasteiger partial charge in [-0.05, 0) is 43.1 Å². The van der Waals surface area contributed by atoms with Crippen molar-refractivity contribution in [3.8, 4) is 0 Å². The summed E-state index contributed by atoms with van der Waals surface area (Å²) in [7, 11) is 0. The fourth-order valence-corrected chi connectivity index (χ4v) is 3.95. The normalized spacial score (nSPS) is 37.8. The van der Waals surface area contributed by atoms with E-state index in [2.05, 4.69) is 32.6 Å². The van der Waals surface area contributed by atoms with Gasteiger partial charge in [-0.2, -0.15) is 0 Å². The minimum absolute atomic E-state index is 0.301. The molecule has 3 atom stereocenters. The highest BCUT2D eigenvalue weighted by Gasteiger charge is 2.35. The van der Waals surface area contributed by atoms with Gasteiger partial charge in [0.25, 0.3) is 0 Å². The van der Waals surface area contributed by atoms with Crippen LogP contribution < -0.4 is 0 Å². The number of rotatable bonds is 2. The molecule has 1 saturated carbocycles. The first kappa shape index (κ1) is 14.0. The zero-order valence-corrected chi connectivity index (χ0v) is 12.5. The monoisotopic (exact) mass is 251 g/mol. The van der Waals surface area contributed by atoms with E-state index in [-0.39, 0.29) is 0 Å². The van der Waals surface area contributed by atoms with Gasteiger partial charge >= 0.3 is 0 Å². The second-order valence-electron chi connectivity index (χ2n) is 7.60. The average molecular weight is 251 g/mol. The first-order chi connectivity index (χ1) is 8.37. The second-order valence-corrected chi connectivity index (χ2v) is 7.60. The number of ketones is 1. The molecule has 0 bridgehead atoms. The molecule has 0 aromatic carbocycles. The fourth-order valence-electron chi connectivity index (χ4n) is 3.95. The Bertz CT molecular complexity index is 310. The highest BCUT2D eigenvalue weighted by molar-refractivity contribution is 5.82. The quantitative estimate of drug-likeness (QED) is 0.750. The maximum Gasteiger partial charge on any atom is 0.137 e. The number of hydrogen-bond donors (Lipinski definition) is 0. The summed E-state index contributed by atoms with van der Waals surface area (Å²) in [5.74, 6) is 1.99. The minimum atomic E-state index is 0.301. The molecule has 0 aromatic rings. The summed E-state index contributed by atoms with van der Waals surface area (Å²) < 4.78 is 0. The third kappa shape index (κ3) is 3.34. The van der Waals surface area contributed by atoms with Gasteiger partial charge in [0.05, 0.1) is 0 Å². The summed E-state index contributed by atoms with van der Waals surface area (Å²) in [5.41, 5.74) is 0.437. The number of hydrogen-bond acceptors (Lipinski definition) is 2. The Morgan fingerprint density at radius 3 is 2.67 bits per heavy atom. The van der Waals surface area contributed by atoms with Crippen LogP contribution in [0.15, 0.2) is 0 Å². The van der Waals surface area contributed by atoms with E-state index in [4.69, 9.17) is 0 Å². The summed E-state index contributed by atoms with van der Waals surface area (Å²) in [5, 5.41) is 0. The van der Waals surface area contributed by atoms with Gasteiger partial charge in [-0.1, -0.05) is 27.7 Å². The average Bonchev–Trinajstić information content (AvgIpc) is 2.22. The van der Waals surface area contributed by atoms with Crippen molar-refractivity contribution in [3.63, 3.8) is 0 Å². The molecule has 1 saturated heterocycles. The standard InChI is InChI=1S/C16H29NO/c1-12-8-13(2)14(15(18)9-12)10-17-7-5-6-16(3,4)11-17/h12-14H,5-11H2,1-4H3. The van der Waals surface area contributed by atoms with Crippen molar-refractivity contribution >= 4 is 5.78 Å². The van der Waals surface area contributed by atoms with Crippen molar-refractivity contribution in [3.05, 3.63) is 0 Å². The van der Waals surface area contributed by atoms with Crippen molar-refractivity contribution in [1.82, 2.24) is 4.90 Å². The van der Waals surface area contributed by atoms with Gasteiger partial charge in [0, 0.05) is 25.4 Å². The van der Waals surface area contributed by atoms with Crippen molar-refractivity contribution in [2.24, 2.45) is 23.2 Å². The van der Waals surface area contributed by atoms with Crippen LogP contribution in [0.2, 0.25) is 0 Å². The Kier molecular flexibility index (Phi) is 4.15. The van der Waals surface area contributed by atoms with Crippen molar-refractivity contribution in [1.29, 1.82) is 0 Å². The summed E-state index contributed by atoms with van der Waals surface area (Å²) >= 11 is 0. The van der Waals surface area contributed by atoms with E-state index in [0.717, 1.165) is 13.0 Å². The van der Waals surface area contributed by atoms with Crippen LogP contribution in [-0.4, -0.2) is 30.3 Å². The summed E-state index contributed by atoms with van der Waals surface area (Å²) in [6.07, 6.45) is 4.66. The first-order valence-corrected chi connectivity index (χ1v) is 7.62. The molecule has 2 fully saturated rings. The topological polar surface area (TPSA) is 20.3 Å². The number of likely N-dealkylation sites (tertiary alicyclic amines) is 1. The molecular weight excluding hydrogens is 222 g/mol. The van der Waals surface area contributed by atoms with Crippen LogP contribution in [0.3, 0.4) is 0 Å². The first-order valence-electron chi connectivity index (χ1n) is 7.62. The van der Waals surface area contributed by atoms with E-state index in [1.165, 1.54) is 32.4 Å². The van der Waals surface area contributed by atoms with Crippen LogP contribution in [0, 0.1) is 23.2 Å². The lowest BCUT2D eigenvalue weighted by atomic mass is 9.74. The highest BCUT2D eigenvalue weighted by atomic mass is 16.1. The van der Waals surface area contributed by atoms with Crippen LogP contribution in [0.25, 0.3) is 0 Å². The molecule has 0 N–H and O–H groups in total. The molecule has 18 heavy (non-hydrogen) atoms. The van der Waals surface area contributed by atoms with Gasteiger partial charge in [-0.3, -0.25) is 4.79 Å². The molecular formula is C16H29NO. The molecule has 0 aromatic heterocycles. The van der Waals surface area contributed by atoms with Gasteiger partial charge in [0.15, 0.2) is 0 Å². The predicted molar refractivity (Wildman–Crippen MR) is 75.5 cm³/mol. The molecule has 0 spiro atoms. The smallest absolute Gasteiger partial charge is 0.137 e. The lowest BCUT2D eigenvalue weighted by molar-refractivity contribution is -0.129. The predicted octanol–water partition coefficient (Wildman–Crippen LogP) is 3.36. The summed E-state index contributed by atoms with van der Waals surface area (Å²) in [4.78, 5) is 14.8. The third-order valence-electron chi connectivity index (χ3n) is 4.86. The van der Waals surface area contributed by atoms with Crippen LogP contribution in [0.1, 0.15) is 53.4 Å². The Balaban J connectivity index is 1.94. The zero-order valence-electron chi connectivity index (χ0n) is 12.5. The van der Waals surface area contributed by atoms with Gasteiger partial charge in [0.2, 0.25) is 0 Å². The van der Waals surface area contributed by atoms with E-state index in [9.17, 15) is 4.79 Å². The SMILES string of the molecule is CC1CC(=O)C(CN2CCCC(C)(C)C2)C(C)C1. The maximum atomic E-state index is 12.2. The van der Waals surface area contributed by atoms with Crippen molar-refractivity contribution < 1.29 is 4.79 Å². The molecule has 1 aliphatic carbocycles. The zero-order chi connectivity index (χ0) is 13.3. The lowest BCUT2D eigenvalue weighted by Crippen LogP contribution is -2.46. The van der Waals surface area contributed by atoms with E-state index in [1.54, 1.807) is 0 Å².